The molecule has 1 fully saturated rings. The van der Waals surface area contributed by atoms with E-state index in [9.17, 15) is 14.2 Å². The van der Waals surface area contributed by atoms with E-state index < -0.39 is 7.37 Å². The van der Waals surface area contributed by atoms with Gasteiger partial charge in [0, 0.05) is 39.7 Å². The van der Waals surface area contributed by atoms with Crippen LogP contribution in [0.15, 0.2) is 0 Å². The van der Waals surface area contributed by atoms with Crippen molar-refractivity contribution in [3.8, 4) is 0 Å². The number of ketones is 1. The van der Waals surface area contributed by atoms with Crippen LogP contribution < -0.4 is 0 Å². The van der Waals surface area contributed by atoms with E-state index in [1.807, 2.05) is 0 Å². The van der Waals surface area contributed by atoms with E-state index in [0.717, 1.165) is 0 Å². The molecule has 1 rings (SSSR count). The average Bonchev–Trinajstić information content (AvgIpc) is 2.28. The largest absolute Gasteiger partial charge is 0.343 e. The van der Waals surface area contributed by atoms with Gasteiger partial charge in [-0.3, -0.25) is 14.2 Å². The summed E-state index contributed by atoms with van der Waals surface area (Å²) in [5.74, 6) is -0.0242. The third kappa shape index (κ3) is 4.25. The van der Waals surface area contributed by atoms with E-state index in [0.29, 0.717) is 25.9 Å². The fourth-order valence-electron chi connectivity index (χ4n) is 1.99. The van der Waals surface area contributed by atoms with E-state index in [4.69, 9.17) is 4.52 Å². The van der Waals surface area contributed by atoms with Gasteiger partial charge < -0.3 is 9.42 Å². The second-order valence-electron chi connectivity index (χ2n) is 4.60. The zero-order chi connectivity index (χ0) is 13.1. The molecule has 1 aliphatic rings. The van der Waals surface area contributed by atoms with Crippen molar-refractivity contribution in [3.05, 3.63) is 0 Å². The van der Waals surface area contributed by atoms with Crippen LogP contribution in [0.3, 0.4) is 0 Å². The molecular formula is C11H20NO4P. The highest BCUT2D eigenvalue weighted by atomic mass is 31.2. The lowest BCUT2D eigenvalue weighted by molar-refractivity contribution is -0.132. The van der Waals surface area contributed by atoms with Crippen molar-refractivity contribution < 1.29 is 18.7 Å². The molecule has 0 aromatic carbocycles. The molecule has 0 saturated carbocycles. The molecule has 0 radical (unpaired) electrons. The summed E-state index contributed by atoms with van der Waals surface area (Å²) in [6.45, 7) is 4.25. The Kier molecular flexibility index (Phi) is 4.90. The van der Waals surface area contributed by atoms with Gasteiger partial charge in [-0.25, -0.2) is 0 Å². The smallest absolute Gasteiger partial charge is 0.219 e. The first kappa shape index (κ1) is 14.4. The molecule has 0 aliphatic carbocycles. The Morgan fingerprint density at radius 2 is 1.88 bits per heavy atom. The molecule has 1 atom stereocenters. The average molecular weight is 261 g/mol. The number of piperidine rings is 1. The van der Waals surface area contributed by atoms with E-state index in [1.54, 1.807) is 4.90 Å². The lowest BCUT2D eigenvalue weighted by Crippen LogP contribution is -2.39. The van der Waals surface area contributed by atoms with E-state index in [1.165, 1.54) is 20.7 Å². The minimum atomic E-state index is -2.76. The fraction of sp³-hybridized carbons (Fsp3) is 0.818. The monoisotopic (exact) mass is 261 g/mol. The lowest BCUT2D eigenvalue weighted by atomic mass is 9.93. The van der Waals surface area contributed by atoms with E-state index in [-0.39, 0.29) is 23.8 Å². The molecule has 0 bridgehead atoms. The van der Waals surface area contributed by atoms with Gasteiger partial charge in [-0.1, -0.05) is 0 Å². The Balaban J connectivity index is 2.46. The van der Waals surface area contributed by atoms with Crippen LogP contribution in [-0.2, 0) is 18.7 Å². The van der Waals surface area contributed by atoms with Crippen LogP contribution in [0.4, 0.5) is 0 Å². The highest BCUT2D eigenvalue weighted by Crippen LogP contribution is 2.42. The van der Waals surface area contributed by atoms with Crippen molar-refractivity contribution in [1.29, 1.82) is 0 Å². The maximum atomic E-state index is 11.9. The molecule has 1 heterocycles. The molecule has 5 nitrogen and oxygen atoms in total. The SMILES string of the molecule is COP(C)(=O)CC(=O)C1CCN(C(C)=O)CC1. The maximum Gasteiger partial charge on any atom is 0.219 e. The van der Waals surface area contributed by atoms with Crippen LogP contribution in [0.5, 0.6) is 0 Å². The Bertz CT molecular complexity index is 347. The summed E-state index contributed by atoms with van der Waals surface area (Å²) in [6, 6.07) is 0. The molecule has 0 aromatic heterocycles. The minimum absolute atomic E-state index is 0.000820. The van der Waals surface area contributed by atoms with Crippen LogP contribution in [-0.4, -0.2) is 49.6 Å². The summed E-state index contributed by atoms with van der Waals surface area (Å²) in [4.78, 5) is 24.8. The number of nitrogens with zero attached hydrogens (tertiary/aromatic N) is 1. The van der Waals surface area contributed by atoms with Crippen LogP contribution in [0.2, 0.25) is 0 Å². The standard InChI is InChI=1S/C11H20NO4P/c1-9(13)12-6-4-10(5-7-12)11(14)8-17(3,15)16-2/h10H,4-8H2,1-3H3. The summed E-state index contributed by atoms with van der Waals surface area (Å²) in [6.07, 6.45) is 1.35. The molecule has 0 N–H and O–H groups in total. The van der Waals surface area contributed by atoms with Crippen molar-refractivity contribution in [2.75, 3.05) is 33.0 Å². The minimum Gasteiger partial charge on any atom is -0.343 e. The number of hydrogen-bond donors (Lipinski definition) is 0. The van der Waals surface area contributed by atoms with Gasteiger partial charge >= 0.3 is 0 Å². The van der Waals surface area contributed by atoms with E-state index in [2.05, 4.69) is 0 Å². The summed E-state index contributed by atoms with van der Waals surface area (Å²) in [7, 11) is -1.39. The molecule has 0 spiro atoms. The molecule has 0 aromatic rings. The van der Waals surface area contributed by atoms with Gasteiger partial charge in [0.05, 0.1) is 6.16 Å². The Morgan fingerprint density at radius 3 is 2.29 bits per heavy atom. The first-order valence-corrected chi connectivity index (χ1v) is 8.02. The predicted octanol–water partition coefficient (Wildman–Crippen LogP) is 1.37. The van der Waals surface area contributed by atoms with Crippen LogP contribution in [0, 0.1) is 5.92 Å². The van der Waals surface area contributed by atoms with Crippen LogP contribution >= 0.6 is 7.37 Å². The zero-order valence-corrected chi connectivity index (χ0v) is 11.5. The molecule has 1 amide bonds. The van der Waals surface area contributed by atoms with Crippen molar-refractivity contribution in [3.63, 3.8) is 0 Å². The van der Waals surface area contributed by atoms with Gasteiger partial charge in [0.1, 0.15) is 5.78 Å². The highest BCUT2D eigenvalue weighted by Gasteiger charge is 2.29. The second-order valence-corrected chi connectivity index (χ2v) is 7.31. The Hall–Kier alpha value is -0.670. The summed E-state index contributed by atoms with van der Waals surface area (Å²) >= 11 is 0. The van der Waals surface area contributed by atoms with Gasteiger partial charge in [0.25, 0.3) is 0 Å². The topological polar surface area (TPSA) is 63.7 Å². The Labute approximate surface area is 102 Å². The third-order valence-electron chi connectivity index (χ3n) is 3.22. The number of Topliss-reactive ketones (excluding diaryl/α,β-unsaturated/α-hetero) is 1. The van der Waals surface area contributed by atoms with E-state index >= 15 is 0 Å². The fourth-order valence-corrected chi connectivity index (χ4v) is 2.95. The second kappa shape index (κ2) is 5.78. The molecule has 1 saturated heterocycles. The van der Waals surface area contributed by atoms with Crippen LogP contribution in [0.25, 0.3) is 0 Å². The molecule has 98 valence electrons. The van der Waals surface area contributed by atoms with Crippen molar-refractivity contribution in [2.24, 2.45) is 5.92 Å². The third-order valence-corrected chi connectivity index (χ3v) is 4.88. The number of carbonyl (C=O) groups excluding carboxylic acids is 2. The zero-order valence-electron chi connectivity index (χ0n) is 10.6. The normalized spacial score (nSPS) is 21.0. The van der Waals surface area contributed by atoms with Gasteiger partial charge in [-0.15, -0.1) is 0 Å². The number of amides is 1. The molecule has 6 heteroatoms. The summed E-state index contributed by atoms with van der Waals surface area (Å²) < 4.78 is 16.5. The lowest BCUT2D eigenvalue weighted by Gasteiger charge is -2.30. The van der Waals surface area contributed by atoms with Gasteiger partial charge in [-0.05, 0) is 12.8 Å². The number of likely N-dealkylation sites (tertiary alicyclic amines) is 1. The highest BCUT2D eigenvalue weighted by molar-refractivity contribution is 7.59. The van der Waals surface area contributed by atoms with Crippen LogP contribution in [0.1, 0.15) is 19.8 Å². The van der Waals surface area contributed by atoms with Crippen molar-refractivity contribution >= 4 is 19.1 Å². The van der Waals surface area contributed by atoms with Crippen molar-refractivity contribution in [1.82, 2.24) is 4.90 Å². The molecule has 1 aliphatic heterocycles. The molecular weight excluding hydrogens is 241 g/mol. The number of carbonyl (C=O) groups is 2. The first-order valence-electron chi connectivity index (χ1n) is 5.76. The first-order chi connectivity index (χ1) is 7.85. The van der Waals surface area contributed by atoms with Gasteiger partial charge in [0.2, 0.25) is 13.3 Å². The number of hydrogen-bond acceptors (Lipinski definition) is 4. The van der Waals surface area contributed by atoms with Gasteiger partial charge in [-0.2, -0.15) is 0 Å². The summed E-state index contributed by atoms with van der Waals surface area (Å²) in [5.41, 5.74) is 0. The quantitative estimate of drug-likeness (QED) is 0.717. The maximum absolute atomic E-state index is 11.9. The molecule has 1 unspecified atom stereocenters. The summed E-state index contributed by atoms with van der Waals surface area (Å²) in [5, 5.41) is 0. The van der Waals surface area contributed by atoms with Gasteiger partial charge in [0.15, 0.2) is 0 Å². The molecule has 17 heavy (non-hydrogen) atoms. The predicted molar refractivity (Wildman–Crippen MR) is 65.4 cm³/mol. The Morgan fingerprint density at radius 1 is 1.35 bits per heavy atom. The van der Waals surface area contributed by atoms with Crippen molar-refractivity contribution in [2.45, 2.75) is 19.8 Å². The number of rotatable bonds is 4.